The Balaban J connectivity index is 1.67. The molecule has 0 aliphatic rings. The smallest absolute Gasteiger partial charge is 0.191 e. The maximum atomic E-state index is 12.1. The van der Waals surface area contributed by atoms with Crippen LogP contribution in [0.4, 0.5) is 0 Å². The van der Waals surface area contributed by atoms with Crippen molar-refractivity contribution in [2.24, 2.45) is 0 Å². The minimum atomic E-state index is 0.0712. The summed E-state index contributed by atoms with van der Waals surface area (Å²) in [7, 11) is 0. The van der Waals surface area contributed by atoms with Crippen LogP contribution < -0.4 is 0 Å². The van der Waals surface area contributed by atoms with Gasteiger partial charge in [0, 0.05) is 30.6 Å². The fourth-order valence-corrected chi connectivity index (χ4v) is 3.15. The Kier molecular flexibility index (Phi) is 5.05. The van der Waals surface area contributed by atoms with Gasteiger partial charge in [-0.05, 0) is 26.0 Å². The molecule has 3 rings (SSSR count). The van der Waals surface area contributed by atoms with Gasteiger partial charge in [-0.15, -0.1) is 10.2 Å². The number of carbonyl (C=O) groups is 1. The van der Waals surface area contributed by atoms with Crippen LogP contribution in [0.5, 0.6) is 0 Å². The molecular formula is C16H17N5O2S. The molecule has 3 heterocycles. The van der Waals surface area contributed by atoms with E-state index in [1.165, 1.54) is 11.8 Å². The van der Waals surface area contributed by atoms with Gasteiger partial charge in [0.05, 0.1) is 17.9 Å². The molecule has 0 atom stereocenters. The van der Waals surface area contributed by atoms with Crippen LogP contribution >= 0.6 is 11.8 Å². The summed E-state index contributed by atoms with van der Waals surface area (Å²) in [6.45, 7) is 4.54. The van der Waals surface area contributed by atoms with Crippen molar-refractivity contribution < 1.29 is 9.32 Å². The Bertz CT molecular complexity index is 828. The maximum Gasteiger partial charge on any atom is 0.191 e. The Labute approximate surface area is 143 Å². The lowest BCUT2D eigenvalue weighted by atomic mass is 10.2. The Morgan fingerprint density at radius 1 is 1.38 bits per heavy atom. The number of hydrogen-bond donors (Lipinski definition) is 0. The van der Waals surface area contributed by atoms with Crippen molar-refractivity contribution in [3.63, 3.8) is 0 Å². The Morgan fingerprint density at radius 2 is 2.25 bits per heavy atom. The molecule has 0 fully saturated rings. The first-order valence-electron chi connectivity index (χ1n) is 7.57. The molecule has 0 aliphatic heterocycles. The molecule has 0 amide bonds. The second-order valence-corrected chi connectivity index (χ2v) is 6.17. The summed E-state index contributed by atoms with van der Waals surface area (Å²) in [6, 6.07) is 5.58. The summed E-state index contributed by atoms with van der Waals surface area (Å²) in [4.78, 5) is 16.2. The van der Waals surface area contributed by atoms with E-state index < -0.39 is 0 Å². The molecule has 0 radical (unpaired) electrons. The van der Waals surface area contributed by atoms with Gasteiger partial charge < -0.3 is 9.09 Å². The van der Waals surface area contributed by atoms with Gasteiger partial charge in [0.15, 0.2) is 11.0 Å². The standard InChI is InChI=1S/C16H17N5O2S/c1-3-21-15(12-5-4-6-17-9-12)18-19-16(21)24-10-14(22)8-13-7-11(2)23-20-13/h4-7,9H,3,8,10H2,1-2H3. The van der Waals surface area contributed by atoms with Crippen LogP contribution in [0.1, 0.15) is 18.4 Å². The SMILES string of the molecule is CCn1c(SCC(=O)Cc2cc(C)on2)nnc1-c1cccnc1. The van der Waals surface area contributed by atoms with Gasteiger partial charge >= 0.3 is 0 Å². The molecule has 24 heavy (non-hydrogen) atoms. The Hall–Kier alpha value is -2.48. The maximum absolute atomic E-state index is 12.1. The molecule has 3 aromatic rings. The molecular weight excluding hydrogens is 326 g/mol. The van der Waals surface area contributed by atoms with Gasteiger partial charge in [0.2, 0.25) is 0 Å². The number of carbonyl (C=O) groups excluding carboxylic acids is 1. The van der Waals surface area contributed by atoms with E-state index in [0.717, 1.165) is 23.1 Å². The number of Topliss-reactive ketones (excluding diaryl/α,β-unsaturated/α-hetero) is 1. The van der Waals surface area contributed by atoms with Crippen LogP contribution in [0.15, 0.2) is 40.3 Å². The van der Waals surface area contributed by atoms with Crippen molar-refractivity contribution in [1.82, 2.24) is 24.9 Å². The quantitative estimate of drug-likeness (QED) is 0.609. The monoisotopic (exact) mass is 343 g/mol. The van der Waals surface area contributed by atoms with Gasteiger partial charge in [0.25, 0.3) is 0 Å². The molecule has 0 spiro atoms. The second kappa shape index (κ2) is 7.39. The minimum Gasteiger partial charge on any atom is -0.361 e. The zero-order valence-electron chi connectivity index (χ0n) is 13.5. The third-order valence-corrected chi connectivity index (χ3v) is 4.40. The molecule has 8 heteroatoms. The van der Waals surface area contributed by atoms with Crippen LogP contribution in [0.2, 0.25) is 0 Å². The molecule has 3 aromatic heterocycles. The number of aryl methyl sites for hydroxylation is 1. The zero-order chi connectivity index (χ0) is 16.9. The molecule has 7 nitrogen and oxygen atoms in total. The third kappa shape index (κ3) is 3.70. The lowest BCUT2D eigenvalue weighted by molar-refractivity contribution is -0.116. The number of aromatic nitrogens is 5. The topological polar surface area (TPSA) is 86.7 Å². The molecule has 0 unspecified atom stereocenters. The van der Waals surface area contributed by atoms with Gasteiger partial charge in [-0.25, -0.2) is 0 Å². The lowest BCUT2D eigenvalue weighted by Gasteiger charge is -2.06. The van der Waals surface area contributed by atoms with E-state index in [2.05, 4.69) is 20.3 Å². The summed E-state index contributed by atoms with van der Waals surface area (Å²) in [5.41, 5.74) is 1.56. The van der Waals surface area contributed by atoms with Crippen LogP contribution in [0.3, 0.4) is 0 Å². The zero-order valence-corrected chi connectivity index (χ0v) is 14.3. The molecule has 0 aliphatic carbocycles. The molecule has 0 N–H and O–H groups in total. The van der Waals surface area contributed by atoms with Crippen LogP contribution in [0, 0.1) is 6.92 Å². The van der Waals surface area contributed by atoms with Gasteiger partial charge in [-0.2, -0.15) is 0 Å². The highest BCUT2D eigenvalue weighted by Crippen LogP contribution is 2.23. The van der Waals surface area contributed by atoms with E-state index in [9.17, 15) is 4.79 Å². The number of hydrogen-bond acceptors (Lipinski definition) is 7. The molecule has 0 saturated heterocycles. The minimum absolute atomic E-state index is 0.0712. The van der Waals surface area contributed by atoms with E-state index >= 15 is 0 Å². The molecule has 0 saturated carbocycles. The number of pyridine rings is 1. The number of rotatable bonds is 7. The summed E-state index contributed by atoms with van der Waals surface area (Å²) < 4.78 is 6.96. The Morgan fingerprint density at radius 3 is 2.92 bits per heavy atom. The molecule has 124 valence electrons. The van der Waals surface area contributed by atoms with Gasteiger partial charge in [-0.3, -0.25) is 9.78 Å². The van der Waals surface area contributed by atoms with Crippen molar-refractivity contribution in [2.45, 2.75) is 32.0 Å². The number of ketones is 1. The highest BCUT2D eigenvalue weighted by molar-refractivity contribution is 7.99. The van der Waals surface area contributed by atoms with Gasteiger partial charge in [-0.1, -0.05) is 16.9 Å². The third-order valence-electron chi connectivity index (χ3n) is 3.37. The summed E-state index contributed by atoms with van der Waals surface area (Å²) in [5, 5.41) is 13.0. The normalized spacial score (nSPS) is 10.9. The summed E-state index contributed by atoms with van der Waals surface area (Å²) in [6.07, 6.45) is 3.73. The average Bonchev–Trinajstić information content (AvgIpc) is 3.19. The van der Waals surface area contributed by atoms with E-state index in [4.69, 9.17) is 4.52 Å². The first-order valence-corrected chi connectivity index (χ1v) is 8.56. The van der Waals surface area contributed by atoms with Crippen molar-refractivity contribution in [3.05, 3.63) is 42.0 Å². The molecule has 0 bridgehead atoms. The highest BCUT2D eigenvalue weighted by atomic mass is 32.2. The first-order chi connectivity index (χ1) is 11.7. The van der Waals surface area contributed by atoms with Crippen molar-refractivity contribution >= 4 is 17.5 Å². The predicted octanol–water partition coefficient (Wildman–Crippen LogP) is 2.56. The largest absolute Gasteiger partial charge is 0.361 e. The van der Waals surface area contributed by atoms with Crippen molar-refractivity contribution in [3.8, 4) is 11.4 Å². The van der Waals surface area contributed by atoms with E-state index in [-0.39, 0.29) is 12.2 Å². The van der Waals surface area contributed by atoms with E-state index in [0.29, 0.717) is 17.2 Å². The number of nitrogens with zero attached hydrogens (tertiary/aromatic N) is 5. The predicted molar refractivity (Wildman–Crippen MR) is 89.6 cm³/mol. The van der Waals surface area contributed by atoms with Crippen LogP contribution in [-0.2, 0) is 17.8 Å². The van der Waals surface area contributed by atoms with E-state index in [1.807, 2.05) is 23.6 Å². The summed E-state index contributed by atoms with van der Waals surface area (Å²) >= 11 is 1.38. The van der Waals surface area contributed by atoms with Gasteiger partial charge in [0.1, 0.15) is 11.5 Å². The summed E-state index contributed by atoms with van der Waals surface area (Å²) in [5.74, 6) is 1.85. The van der Waals surface area contributed by atoms with Crippen molar-refractivity contribution in [1.29, 1.82) is 0 Å². The number of thioether (sulfide) groups is 1. The lowest BCUT2D eigenvalue weighted by Crippen LogP contribution is -2.07. The first kappa shape index (κ1) is 16.4. The fourth-order valence-electron chi connectivity index (χ4n) is 2.29. The van der Waals surface area contributed by atoms with E-state index in [1.54, 1.807) is 25.4 Å². The molecule has 0 aromatic carbocycles. The fraction of sp³-hybridized carbons (Fsp3) is 0.312. The van der Waals surface area contributed by atoms with Crippen LogP contribution in [-0.4, -0.2) is 36.4 Å². The highest BCUT2D eigenvalue weighted by Gasteiger charge is 2.15. The van der Waals surface area contributed by atoms with Crippen LogP contribution in [0.25, 0.3) is 11.4 Å². The van der Waals surface area contributed by atoms with Crippen molar-refractivity contribution in [2.75, 3.05) is 5.75 Å². The second-order valence-electron chi connectivity index (χ2n) is 5.23. The average molecular weight is 343 g/mol.